The molecule has 0 bridgehead atoms. The van der Waals surface area contributed by atoms with Gasteiger partial charge in [0.1, 0.15) is 0 Å². The van der Waals surface area contributed by atoms with Crippen molar-refractivity contribution in [1.29, 1.82) is 0 Å². The van der Waals surface area contributed by atoms with Crippen LogP contribution in [-0.2, 0) is 16.4 Å². The number of fused-ring (bicyclic) bond motifs is 1. The molecule has 3 rings (SSSR count). The number of nitrogens with zero attached hydrogens (tertiary/aromatic N) is 1. The van der Waals surface area contributed by atoms with E-state index in [9.17, 15) is 13.2 Å². The van der Waals surface area contributed by atoms with E-state index in [0.29, 0.717) is 24.3 Å². The van der Waals surface area contributed by atoms with Gasteiger partial charge >= 0.3 is 6.03 Å². The molecule has 0 spiro atoms. The maximum Gasteiger partial charge on any atom is 0.323 e. The predicted molar refractivity (Wildman–Crippen MR) is 101 cm³/mol. The molecule has 0 fully saturated rings. The molecule has 2 amide bonds. The van der Waals surface area contributed by atoms with Crippen LogP contribution in [0.4, 0.5) is 21.9 Å². The van der Waals surface area contributed by atoms with Crippen LogP contribution in [0, 0.1) is 13.8 Å². The Kier molecular flexibility index (Phi) is 4.43. The van der Waals surface area contributed by atoms with Crippen LogP contribution in [0.25, 0.3) is 0 Å². The van der Waals surface area contributed by atoms with Crippen LogP contribution < -0.4 is 14.9 Å². The molecule has 0 atom stereocenters. The first kappa shape index (κ1) is 17.3. The van der Waals surface area contributed by atoms with E-state index in [1.54, 1.807) is 12.1 Å². The molecule has 0 aliphatic carbocycles. The van der Waals surface area contributed by atoms with Crippen LogP contribution in [0.5, 0.6) is 0 Å². The standard InChI is InChI=1S/C18H21N3O3S/c1-12-4-7-16(13(2)10-12)20-18(22)19-15-6-5-14-8-9-21(17(14)11-15)25(3,23)24/h4-7,10-11H,8-9H2,1-3H3,(H2,19,20,22). The van der Waals surface area contributed by atoms with Crippen molar-refractivity contribution in [3.63, 3.8) is 0 Å². The van der Waals surface area contributed by atoms with Crippen molar-refractivity contribution in [1.82, 2.24) is 0 Å². The molecule has 0 unspecified atom stereocenters. The molecule has 0 saturated heterocycles. The van der Waals surface area contributed by atoms with Gasteiger partial charge < -0.3 is 10.6 Å². The van der Waals surface area contributed by atoms with Gasteiger partial charge in [0.05, 0.1) is 11.9 Å². The van der Waals surface area contributed by atoms with Crippen LogP contribution in [0.3, 0.4) is 0 Å². The van der Waals surface area contributed by atoms with E-state index in [1.807, 2.05) is 38.1 Å². The van der Waals surface area contributed by atoms with E-state index in [-0.39, 0.29) is 6.03 Å². The zero-order valence-corrected chi connectivity index (χ0v) is 15.3. The summed E-state index contributed by atoms with van der Waals surface area (Å²) in [6, 6.07) is 10.8. The topological polar surface area (TPSA) is 78.5 Å². The molecule has 2 N–H and O–H groups in total. The zero-order chi connectivity index (χ0) is 18.2. The molecule has 0 radical (unpaired) electrons. The maximum atomic E-state index is 12.2. The SMILES string of the molecule is Cc1ccc(NC(=O)Nc2ccc3c(c2)N(S(C)(=O)=O)CC3)c(C)c1. The quantitative estimate of drug-likeness (QED) is 0.883. The van der Waals surface area contributed by atoms with Crippen LogP contribution in [0.15, 0.2) is 36.4 Å². The zero-order valence-electron chi connectivity index (χ0n) is 14.5. The van der Waals surface area contributed by atoms with Crippen molar-refractivity contribution in [2.75, 3.05) is 27.7 Å². The van der Waals surface area contributed by atoms with E-state index in [0.717, 1.165) is 22.4 Å². The Morgan fingerprint density at radius 1 is 1.08 bits per heavy atom. The highest BCUT2D eigenvalue weighted by Gasteiger charge is 2.26. The Balaban J connectivity index is 1.76. The Morgan fingerprint density at radius 3 is 2.52 bits per heavy atom. The molecule has 1 heterocycles. The fourth-order valence-electron chi connectivity index (χ4n) is 3.01. The monoisotopic (exact) mass is 359 g/mol. The van der Waals surface area contributed by atoms with Crippen molar-refractivity contribution in [3.05, 3.63) is 53.1 Å². The van der Waals surface area contributed by atoms with Gasteiger partial charge in [0.2, 0.25) is 10.0 Å². The molecular formula is C18H21N3O3S. The first-order valence-electron chi connectivity index (χ1n) is 8.00. The normalized spacial score (nSPS) is 13.5. The van der Waals surface area contributed by atoms with Gasteiger partial charge in [-0.1, -0.05) is 23.8 Å². The second-order valence-corrected chi connectivity index (χ2v) is 8.23. The molecule has 1 aliphatic rings. The number of carbonyl (C=O) groups excluding carboxylic acids is 1. The largest absolute Gasteiger partial charge is 0.323 e. The molecule has 7 heteroatoms. The highest BCUT2D eigenvalue weighted by Crippen LogP contribution is 2.32. The number of rotatable bonds is 3. The minimum Gasteiger partial charge on any atom is -0.308 e. The first-order valence-corrected chi connectivity index (χ1v) is 9.85. The minimum absolute atomic E-state index is 0.365. The fourth-order valence-corrected chi connectivity index (χ4v) is 3.96. The summed E-state index contributed by atoms with van der Waals surface area (Å²) in [6.45, 7) is 4.36. The van der Waals surface area contributed by atoms with Crippen molar-refractivity contribution in [2.45, 2.75) is 20.3 Å². The second kappa shape index (κ2) is 6.40. The average Bonchev–Trinajstić information content (AvgIpc) is 2.93. The molecule has 6 nitrogen and oxygen atoms in total. The molecule has 1 aliphatic heterocycles. The average molecular weight is 359 g/mol. The summed E-state index contributed by atoms with van der Waals surface area (Å²) >= 11 is 0. The van der Waals surface area contributed by atoms with E-state index in [4.69, 9.17) is 0 Å². The first-order chi connectivity index (χ1) is 11.7. The Hall–Kier alpha value is -2.54. The summed E-state index contributed by atoms with van der Waals surface area (Å²) in [6.07, 6.45) is 1.87. The van der Waals surface area contributed by atoms with Crippen LogP contribution in [0.2, 0.25) is 0 Å². The molecule has 2 aromatic carbocycles. The van der Waals surface area contributed by atoms with Crippen molar-refractivity contribution in [3.8, 4) is 0 Å². The summed E-state index contributed by atoms with van der Waals surface area (Å²) in [5.41, 5.74) is 4.99. The smallest absolute Gasteiger partial charge is 0.308 e. The lowest BCUT2D eigenvalue weighted by atomic mass is 10.1. The molecule has 2 aromatic rings. The fraction of sp³-hybridized carbons (Fsp3) is 0.278. The predicted octanol–water partition coefficient (Wildman–Crippen LogP) is 3.27. The summed E-state index contributed by atoms with van der Waals surface area (Å²) in [4.78, 5) is 12.2. The molecule has 132 valence electrons. The van der Waals surface area contributed by atoms with Crippen LogP contribution in [-0.4, -0.2) is 27.2 Å². The van der Waals surface area contributed by atoms with Crippen molar-refractivity contribution < 1.29 is 13.2 Å². The number of carbonyl (C=O) groups is 1. The van der Waals surface area contributed by atoms with Crippen molar-refractivity contribution in [2.24, 2.45) is 0 Å². The number of anilines is 3. The highest BCUT2D eigenvalue weighted by molar-refractivity contribution is 7.92. The summed E-state index contributed by atoms with van der Waals surface area (Å²) in [7, 11) is -3.31. The number of sulfonamides is 1. The van der Waals surface area contributed by atoms with Crippen molar-refractivity contribution >= 4 is 33.1 Å². The van der Waals surface area contributed by atoms with Crippen LogP contribution in [0.1, 0.15) is 16.7 Å². The van der Waals surface area contributed by atoms with Gasteiger partial charge in [-0.2, -0.15) is 0 Å². The number of benzene rings is 2. The summed E-state index contributed by atoms with van der Waals surface area (Å²) < 4.78 is 25.1. The Morgan fingerprint density at radius 2 is 1.84 bits per heavy atom. The third kappa shape index (κ3) is 3.76. The lowest BCUT2D eigenvalue weighted by Crippen LogP contribution is -2.27. The van der Waals surface area contributed by atoms with E-state index >= 15 is 0 Å². The minimum atomic E-state index is -3.31. The third-order valence-electron chi connectivity index (χ3n) is 4.23. The third-order valence-corrected chi connectivity index (χ3v) is 5.41. The van der Waals surface area contributed by atoms with Gasteiger partial charge in [0.15, 0.2) is 0 Å². The summed E-state index contributed by atoms with van der Waals surface area (Å²) in [5, 5.41) is 5.58. The lowest BCUT2D eigenvalue weighted by Gasteiger charge is -2.17. The maximum absolute atomic E-state index is 12.2. The van der Waals surface area contributed by atoms with Gasteiger partial charge in [0, 0.05) is 17.9 Å². The second-order valence-electron chi connectivity index (χ2n) is 6.33. The Bertz CT molecular complexity index is 939. The molecular weight excluding hydrogens is 338 g/mol. The van der Waals surface area contributed by atoms with Gasteiger partial charge in [-0.15, -0.1) is 0 Å². The molecule has 25 heavy (non-hydrogen) atoms. The number of amides is 2. The van der Waals surface area contributed by atoms with Gasteiger partial charge in [-0.05, 0) is 49.6 Å². The van der Waals surface area contributed by atoms with E-state index in [2.05, 4.69) is 10.6 Å². The highest BCUT2D eigenvalue weighted by atomic mass is 32.2. The van der Waals surface area contributed by atoms with Gasteiger partial charge in [-0.3, -0.25) is 4.31 Å². The van der Waals surface area contributed by atoms with Gasteiger partial charge in [0.25, 0.3) is 0 Å². The Labute approximate surface area is 147 Å². The lowest BCUT2D eigenvalue weighted by molar-refractivity contribution is 0.262. The molecule has 0 aromatic heterocycles. The number of nitrogens with one attached hydrogen (secondary N) is 2. The molecule has 0 saturated carbocycles. The summed E-state index contributed by atoms with van der Waals surface area (Å²) in [5.74, 6) is 0. The van der Waals surface area contributed by atoms with Gasteiger partial charge in [-0.25, -0.2) is 13.2 Å². The van der Waals surface area contributed by atoms with E-state index in [1.165, 1.54) is 10.6 Å². The number of urea groups is 1. The number of hydrogen-bond donors (Lipinski definition) is 2. The number of hydrogen-bond acceptors (Lipinski definition) is 3. The van der Waals surface area contributed by atoms with Crippen LogP contribution >= 0.6 is 0 Å². The number of aryl methyl sites for hydroxylation is 2. The van der Waals surface area contributed by atoms with E-state index < -0.39 is 10.0 Å².